The molecule has 4 N–H and O–H groups in total. The van der Waals surface area contributed by atoms with E-state index in [-0.39, 0.29) is 18.0 Å². The fourth-order valence-corrected chi connectivity index (χ4v) is 1.85. The number of carbonyl (C=O) groups is 1. The molecule has 0 spiro atoms. The Balaban J connectivity index is 4.61. The van der Waals surface area contributed by atoms with Crippen molar-refractivity contribution in [2.24, 2.45) is 17.6 Å². The second-order valence-electron chi connectivity index (χ2n) is 7.13. The lowest BCUT2D eigenvalue weighted by atomic mass is 9.91. The van der Waals surface area contributed by atoms with E-state index in [9.17, 15) is 9.90 Å². The summed E-state index contributed by atoms with van der Waals surface area (Å²) in [5.74, 6) is 0.385. The number of aliphatic hydroxyl groups is 1. The summed E-state index contributed by atoms with van der Waals surface area (Å²) < 4.78 is 5.23. The van der Waals surface area contributed by atoms with Gasteiger partial charge in [0.2, 0.25) is 0 Å². The van der Waals surface area contributed by atoms with Crippen LogP contribution < -0.4 is 11.1 Å². The first-order valence-corrected chi connectivity index (χ1v) is 7.37. The minimum Gasteiger partial charge on any atom is -0.444 e. The molecule has 5 heteroatoms. The summed E-state index contributed by atoms with van der Waals surface area (Å²) in [7, 11) is 0. The predicted octanol–water partition coefficient (Wildman–Crippen LogP) is 2.27. The molecule has 5 nitrogen and oxygen atoms in total. The highest BCUT2D eigenvalue weighted by Gasteiger charge is 2.28. The maximum atomic E-state index is 11.8. The van der Waals surface area contributed by atoms with Gasteiger partial charge in [0.25, 0.3) is 0 Å². The summed E-state index contributed by atoms with van der Waals surface area (Å²) in [6, 6.07) is -0.457. The molecule has 1 amide bonds. The Bertz CT molecular complexity index is 298. The van der Waals surface area contributed by atoms with Crippen LogP contribution >= 0.6 is 0 Å². The number of ether oxygens (including phenoxy) is 1. The molecule has 0 radical (unpaired) electrons. The minimum atomic E-state index is -0.681. The maximum absolute atomic E-state index is 11.8. The highest BCUT2D eigenvalue weighted by molar-refractivity contribution is 5.68. The Morgan fingerprint density at radius 2 is 1.70 bits per heavy atom. The molecule has 0 rings (SSSR count). The van der Waals surface area contributed by atoms with E-state index < -0.39 is 17.8 Å². The zero-order valence-electron chi connectivity index (χ0n) is 13.9. The molecule has 120 valence electrons. The molecule has 0 saturated heterocycles. The van der Waals surface area contributed by atoms with Crippen molar-refractivity contribution in [3.63, 3.8) is 0 Å². The van der Waals surface area contributed by atoms with Crippen LogP contribution in [0.1, 0.15) is 54.9 Å². The average Bonchev–Trinajstić information content (AvgIpc) is 2.22. The van der Waals surface area contributed by atoms with Gasteiger partial charge in [-0.2, -0.15) is 0 Å². The normalized spacial score (nSPS) is 16.9. The molecule has 0 aromatic carbocycles. The fourth-order valence-electron chi connectivity index (χ4n) is 1.85. The molecule has 0 bridgehead atoms. The Kier molecular flexibility index (Phi) is 7.52. The fraction of sp³-hybridized carbons (Fsp3) is 0.933. The van der Waals surface area contributed by atoms with Crippen LogP contribution in [0.15, 0.2) is 0 Å². The first-order valence-electron chi connectivity index (χ1n) is 7.37. The summed E-state index contributed by atoms with van der Waals surface area (Å²) in [5.41, 5.74) is 5.43. The predicted molar refractivity (Wildman–Crippen MR) is 81.4 cm³/mol. The van der Waals surface area contributed by atoms with E-state index in [0.717, 1.165) is 0 Å². The molecule has 0 fully saturated rings. The van der Waals surface area contributed by atoms with E-state index in [2.05, 4.69) is 5.32 Å². The van der Waals surface area contributed by atoms with Crippen LogP contribution in [0.2, 0.25) is 0 Å². The zero-order chi connectivity index (χ0) is 16.1. The Morgan fingerprint density at radius 3 is 2.05 bits per heavy atom. The van der Waals surface area contributed by atoms with Gasteiger partial charge in [-0.1, -0.05) is 27.7 Å². The van der Waals surface area contributed by atoms with Crippen LogP contribution in [0.4, 0.5) is 4.79 Å². The van der Waals surface area contributed by atoms with Gasteiger partial charge in [0.15, 0.2) is 0 Å². The third-order valence-corrected chi connectivity index (χ3v) is 3.19. The van der Waals surface area contributed by atoms with E-state index in [0.29, 0.717) is 12.3 Å². The number of aliphatic hydroxyl groups excluding tert-OH is 1. The lowest BCUT2D eigenvalue weighted by Gasteiger charge is -2.31. The van der Waals surface area contributed by atoms with Crippen LogP contribution in [0.3, 0.4) is 0 Å². The van der Waals surface area contributed by atoms with Crippen molar-refractivity contribution in [3.05, 3.63) is 0 Å². The third-order valence-electron chi connectivity index (χ3n) is 3.19. The van der Waals surface area contributed by atoms with Crippen LogP contribution in [0, 0.1) is 11.8 Å². The number of amides is 1. The monoisotopic (exact) mass is 288 g/mol. The summed E-state index contributed by atoms with van der Waals surface area (Å²) in [4.78, 5) is 11.8. The van der Waals surface area contributed by atoms with Crippen molar-refractivity contribution in [2.75, 3.05) is 0 Å². The van der Waals surface area contributed by atoms with E-state index >= 15 is 0 Å². The highest BCUT2D eigenvalue weighted by atomic mass is 16.6. The Labute approximate surface area is 123 Å². The van der Waals surface area contributed by atoms with Crippen molar-refractivity contribution in [2.45, 2.75) is 78.7 Å². The number of hydrogen-bond acceptors (Lipinski definition) is 4. The first kappa shape index (κ1) is 19.2. The molecule has 20 heavy (non-hydrogen) atoms. The quantitative estimate of drug-likeness (QED) is 0.700. The van der Waals surface area contributed by atoms with Gasteiger partial charge in [-0.25, -0.2) is 4.79 Å². The second kappa shape index (κ2) is 7.84. The number of carbonyl (C=O) groups excluding carboxylic acids is 1. The van der Waals surface area contributed by atoms with Gasteiger partial charge < -0.3 is 20.9 Å². The second-order valence-corrected chi connectivity index (χ2v) is 7.13. The summed E-state index contributed by atoms with van der Waals surface area (Å²) in [5, 5.41) is 13.0. The van der Waals surface area contributed by atoms with Gasteiger partial charge in [-0.05, 0) is 39.0 Å². The highest BCUT2D eigenvalue weighted by Crippen LogP contribution is 2.15. The molecule has 3 atom stereocenters. The Hall–Kier alpha value is -0.810. The molecule has 0 aliphatic carbocycles. The van der Waals surface area contributed by atoms with Crippen LogP contribution in [0.25, 0.3) is 0 Å². The molecule has 0 unspecified atom stereocenters. The summed E-state index contributed by atoms with van der Waals surface area (Å²) >= 11 is 0. The molecule has 0 aromatic rings. The molecular weight excluding hydrogens is 256 g/mol. The molecule has 0 aromatic heterocycles. The van der Waals surface area contributed by atoms with E-state index in [1.165, 1.54) is 0 Å². The minimum absolute atomic E-state index is 0.0910. The van der Waals surface area contributed by atoms with Gasteiger partial charge in [0, 0.05) is 6.04 Å². The van der Waals surface area contributed by atoms with E-state index in [4.69, 9.17) is 10.5 Å². The number of hydrogen-bond donors (Lipinski definition) is 3. The van der Waals surface area contributed by atoms with Crippen molar-refractivity contribution >= 4 is 6.09 Å². The summed E-state index contributed by atoms with van der Waals surface area (Å²) in [6.45, 7) is 13.4. The van der Waals surface area contributed by atoms with Crippen molar-refractivity contribution in [3.8, 4) is 0 Å². The zero-order valence-corrected chi connectivity index (χ0v) is 13.9. The summed E-state index contributed by atoms with van der Waals surface area (Å²) in [6.07, 6.45) is -0.732. The van der Waals surface area contributed by atoms with Crippen molar-refractivity contribution in [1.82, 2.24) is 5.32 Å². The molecule has 0 heterocycles. The van der Waals surface area contributed by atoms with Gasteiger partial charge in [0.05, 0.1) is 12.1 Å². The van der Waals surface area contributed by atoms with Crippen LogP contribution in [-0.4, -0.2) is 35.0 Å². The molecule has 0 saturated carbocycles. The van der Waals surface area contributed by atoms with Crippen LogP contribution in [0.5, 0.6) is 0 Å². The van der Waals surface area contributed by atoms with Gasteiger partial charge >= 0.3 is 6.09 Å². The third kappa shape index (κ3) is 7.70. The SMILES string of the molecule is CC(C)[C@H](N)C[C@@H](O)[C@@H](NC(=O)OC(C)(C)C)C(C)C. The molecule has 0 aliphatic heterocycles. The molecular formula is C15H32N2O3. The van der Waals surface area contributed by atoms with Crippen LogP contribution in [-0.2, 0) is 4.74 Å². The largest absolute Gasteiger partial charge is 0.444 e. The van der Waals surface area contributed by atoms with Crippen molar-refractivity contribution < 1.29 is 14.6 Å². The number of alkyl carbamates (subject to hydrolysis) is 1. The first-order chi connectivity index (χ1) is 8.94. The number of rotatable bonds is 6. The van der Waals surface area contributed by atoms with Gasteiger partial charge in [-0.15, -0.1) is 0 Å². The number of nitrogens with one attached hydrogen (secondary N) is 1. The standard InChI is InChI=1S/C15H32N2O3/c1-9(2)11(16)8-12(18)13(10(3)4)17-14(19)20-15(5,6)7/h9-13,18H,8,16H2,1-7H3,(H,17,19)/t11-,12-,13+/m1/s1. The number of nitrogens with two attached hydrogens (primary N) is 1. The van der Waals surface area contributed by atoms with Gasteiger partial charge in [0.1, 0.15) is 5.60 Å². The Morgan fingerprint density at radius 1 is 1.20 bits per heavy atom. The molecule has 0 aliphatic rings. The maximum Gasteiger partial charge on any atom is 0.407 e. The van der Waals surface area contributed by atoms with Gasteiger partial charge in [-0.3, -0.25) is 0 Å². The topological polar surface area (TPSA) is 84.6 Å². The van der Waals surface area contributed by atoms with Crippen molar-refractivity contribution in [1.29, 1.82) is 0 Å². The lowest BCUT2D eigenvalue weighted by molar-refractivity contribution is 0.0344. The smallest absolute Gasteiger partial charge is 0.407 e. The average molecular weight is 288 g/mol. The lowest BCUT2D eigenvalue weighted by Crippen LogP contribution is -2.50. The van der Waals surface area contributed by atoms with E-state index in [1.54, 1.807) is 0 Å². The van der Waals surface area contributed by atoms with E-state index in [1.807, 2.05) is 48.5 Å².